The summed E-state index contributed by atoms with van der Waals surface area (Å²) in [4.78, 5) is 5.63. The molecule has 4 aromatic rings. The molecule has 0 saturated heterocycles. The largest absolute Gasteiger partial charge is 0.357 e. The first-order valence-electron chi connectivity index (χ1n) is 8.97. The highest BCUT2D eigenvalue weighted by atomic mass is 32.1. The van der Waals surface area contributed by atoms with Crippen LogP contribution in [0.3, 0.4) is 0 Å². The molecule has 0 aliphatic heterocycles. The minimum atomic E-state index is -0.217. The van der Waals surface area contributed by atoms with Crippen molar-refractivity contribution >= 4 is 16.5 Å². The summed E-state index contributed by atoms with van der Waals surface area (Å²) in [6.07, 6.45) is 3.88. The van der Waals surface area contributed by atoms with E-state index in [1.54, 1.807) is 28.2 Å². The van der Waals surface area contributed by atoms with Crippen LogP contribution in [0.15, 0.2) is 42.7 Å². The monoisotopic (exact) mass is 396 g/mol. The average molecular weight is 396 g/mol. The van der Waals surface area contributed by atoms with E-state index < -0.39 is 0 Å². The van der Waals surface area contributed by atoms with E-state index in [9.17, 15) is 4.39 Å². The van der Waals surface area contributed by atoms with E-state index in [1.807, 2.05) is 50.1 Å². The zero-order valence-electron chi connectivity index (χ0n) is 16.0. The molecular weight excluding hydrogens is 375 g/mol. The number of nitrogens with zero attached hydrogens (tertiary/aromatic N) is 5. The Labute approximate surface area is 166 Å². The summed E-state index contributed by atoms with van der Waals surface area (Å²) in [5, 5.41) is 13.2. The molecule has 3 aromatic heterocycles. The van der Waals surface area contributed by atoms with Gasteiger partial charge in [-0.15, -0.1) is 0 Å². The molecule has 0 fully saturated rings. The van der Waals surface area contributed by atoms with Gasteiger partial charge in [-0.3, -0.25) is 9.36 Å². The molecular formula is C20H21FN6S. The fourth-order valence-electron chi connectivity index (χ4n) is 3.07. The summed E-state index contributed by atoms with van der Waals surface area (Å²) in [6.45, 7) is 5.05. The molecule has 0 unspecified atom stereocenters. The third-order valence-corrected chi connectivity index (χ3v) is 5.64. The molecule has 0 radical (unpaired) electrons. The molecule has 3 heterocycles. The minimum Gasteiger partial charge on any atom is -0.357 e. The van der Waals surface area contributed by atoms with Gasteiger partial charge in [0.1, 0.15) is 11.5 Å². The second-order valence-corrected chi connectivity index (χ2v) is 7.69. The van der Waals surface area contributed by atoms with E-state index >= 15 is 0 Å². The fourth-order valence-corrected chi connectivity index (χ4v) is 4.00. The molecule has 0 atom stereocenters. The molecule has 1 aromatic carbocycles. The Morgan fingerprint density at radius 1 is 1.07 bits per heavy atom. The van der Waals surface area contributed by atoms with Crippen LogP contribution in [-0.4, -0.2) is 24.5 Å². The zero-order valence-corrected chi connectivity index (χ0v) is 16.8. The van der Waals surface area contributed by atoms with E-state index in [2.05, 4.69) is 20.5 Å². The van der Waals surface area contributed by atoms with E-state index in [0.717, 1.165) is 32.7 Å². The molecule has 144 valence electrons. The van der Waals surface area contributed by atoms with Crippen molar-refractivity contribution in [3.8, 4) is 10.6 Å². The second kappa shape index (κ2) is 7.55. The molecule has 6 nitrogen and oxygen atoms in total. The van der Waals surface area contributed by atoms with Gasteiger partial charge in [0.05, 0.1) is 22.8 Å². The molecule has 0 bridgehead atoms. The van der Waals surface area contributed by atoms with Gasteiger partial charge in [0.25, 0.3) is 0 Å². The Morgan fingerprint density at radius 3 is 2.64 bits per heavy atom. The maximum atomic E-state index is 13.9. The Balaban J connectivity index is 1.48. The molecule has 0 aliphatic carbocycles. The van der Waals surface area contributed by atoms with Crippen LogP contribution in [0.4, 0.5) is 9.52 Å². The summed E-state index contributed by atoms with van der Waals surface area (Å²) in [6, 6.07) is 8.70. The van der Waals surface area contributed by atoms with Gasteiger partial charge in [-0.1, -0.05) is 29.5 Å². The van der Waals surface area contributed by atoms with Gasteiger partial charge in [0, 0.05) is 37.1 Å². The number of thiazole rings is 1. The Hall–Kier alpha value is -3.00. The summed E-state index contributed by atoms with van der Waals surface area (Å²) >= 11 is 1.57. The lowest BCUT2D eigenvalue weighted by Crippen LogP contribution is -2.02. The molecule has 0 amide bonds. The topological polar surface area (TPSA) is 60.6 Å². The van der Waals surface area contributed by atoms with Crippen LogP contribution in [0.25, 0.3) is 10.6 Å². The molecule has 0 saturated carbocycles. The lowest BCUT2D eigenvalue weighted by molar-refractivity contribution is 0.586. The van der Waals surface area contributed by atoms with Gasteiger partial charge in [-0.25, -0.2) is 9.37 Å². The Bertz CT molecular complexity index is 1110. The highest BCUT2D eigenvalue weighted by Crippen LogP contribution is 2.32. The summed E-state index contributed by atoms with van der Waals surface area (Å²) in [5.74, 6) is -0.217. The quantitative estimate of drug-likeness (QED) is 0.532. The third-order valence-electron chi connectivity index (χ3n) is 4.51. The van der Waals surface area contributed by atoms with Crippen molar-refractivity contribution in [1.29, 1.82) is 0 Å². The van der Waals surface area contributed by atoms with Crippen molar-refractivity contribution < 1.29 is 4.39 Å². The Kier molecular flexibility index (Phi) is 4.95. The van der Waals surface area contributed by atoms with Crippen molar-refractivity contribution in [3.05, 3.63) is 71.1 Å². The highest BCUT2D eigenvalue weighted by Gasteiger charge is 2.13. The van der Waals surface area contributed by atoms with Crippen LogP contribution in [0.2, 0.25) is 0 Å². The SMILES string of the molecule is Cc1nn(C)cc1CNc1nc(C)c(-c2ccn(Cc3ccccc3F)n2)s1. The molecule has 0 spiro atoms. The van der Waals surface area contributed by atoms with Crippen LogP contribution in [0.1, 0.15) is 22.5 Å². The number of nitrogens with one attached hydrogen (secondary N) is 1. The number of halogens is 1. The summed E-state index contributed by atoms with van der Waals surface area (Å²) < 4.78 is 17.4. The van der Waals surface area contributed by atoms with Gasteiger partial charge >= 0.3 is 0 Å². The predicted octanol–water partition coefficient (Wildman–Crippen LogP) is 4.16. The Morgan fingerprint density at radius 2 is 1.89 bits per heavy atom. The van der Waals surface area contributed by atoms with Crippen LogP contribution >= 0.6 is 11.3 Å². The molecule has 8 heteroatoms. The van der Waals surface area contributed by atoms with Crippen LogP contribution < -0.4 is 5.32 Å². The summed E-state index contributed by atoms with van der Waals surface area (Å²) in [5.41, 5.74) is 4.54. The smallest absolute Gasteiger partial charge is 0.183 e. The van der Waals surface area contributed by atoms with Crippen LogP contribution in [-0.2, 0) is 20.1 Å². The number of aromatic nitrogens is 5. The van der Waals surface area contributed by atoms with E-state index in [0.29, 0.717) is 18.7 Å². The third kappa shape index (κ3) is 3.82. The molecule has 0 aliphatic rings. The summed E-state index contributed by atoms with van der Waals surface area (Å²) in [7, 11) is 1.92. The van der Waals surface area contributed by atoms with Gasteiger partial charge in [-0.2, -0.15) is 10.2 Å². The first-order valence-corrected chi connectivity index (χ1v) is 9.79. The van der Waals surface area contributed by atoms with Gasteiger partial charge in [-0.05, 0) is 26.0 Å². The van der Waals surface area contributed by atoms with Crippen molar-refractivity contribution in [1.82, 2.24) is 24.5 Å². The number of anilines is 1. The number of hydrogen-bond donors (Lipinski definition) is 1. The molecule has 4 rings (SSSR count). The maximum Gasteiger partial charge on any atom is 0.183 e. The molecule has 28 heavy (non-hydrogen) atoms. The number of hydrogen-bond acceptors (Lipinski definition) is 5. The number of rotatable bonds is 6. The fraction of sp³-hybridized carbons (Fsp3) is 0.250. The van der Waals surface area contributed by atoms with Crippen molar-refractivity contribution in [2.75, 3.05) is 5.32 Å². The van der Waals surface area contributed by atoms with Crippen LogP contribution in [0, 0.1) is 19.7 Å². The number of aryl methyl sites for hydroxylation is 3. The zero-order chi connectivity index (χ0) is 19.7. The lowest BCUT2D eigenvalue weighted by Gasteiger charge is -2.03. The van der Waals surface area contributed by atoms with Gasteiger partial charge in [0.15, 0.2) is 5.13 Å². The lowest BCUT2D eigenvalue weighted by atomic mass is 10.2. The van der Waals surface area contributed by atoms with E-state index in [1.165, 1.54) is 6.07 Å². The van der Waals surface area contributed by atoms with E-state index in [-0.39, 0.29) is 5.82 Å². The van der Waals surface area contributed by atoms with Crippen LogP contribution in [0.5, 0.6) is 0 Å². The van der Waals surface area contributed by atoms with Crippen molar-refractivity contribution in [3.63, 3.8) is 0 Å². The molecule has 1 N–H and O–H groups in total. The van der Waals surface area contributed by atoms with E-state index in [4.69, 9.17) is 0 Å². The normalized spacial score (nSPS) is 11.1. The van der Waals surface area contributed by atoms with Crippen molar-refractivity contribution in [2.24, 2.45) is 7.05 Å². The first kappa shape index (κ1) is 18.4. The van der Waals surface area contributed by atoms with Crippen molar-refractivity contribution in [2.45, 2.75) is 26.9 Å². The van der Waals surface area contributed by atoms with Gasteiger partial charge in [0.2, 0.25) is 0 Å². The highest BCUT2D eigenvalue weighted by molar-refractivity contribution is 7.19. The first-order chi connectivity index (χ1) is 13.5. The maximum absolute atomic E-state index is 13.9. The average Bonchev–Trinajstić information content (AvgIpc) is 3.34. The van der Waals surface area contributed by atoms with Gasteiger partial charge < -0.3 is 5.32 Å². The second-order valence-electron chi connectivity index (χ2n) is 6.69. The number of benzene rings is 1. The predicted molar refractivity (Wildman–Crippen MR) is 109 cm³/mol. The minimum absolute atomic E-state index is 0.217. The standard InChI is InChI=1S/C20H21FN6S/c1-13-16(11-26(3)24-13)10-22-20-23-14(2)19(28-20)18-8-9-27(25-18)12-15-6-4-5-7-17(15)21/h4-9,11H,10,12H2,1-3H3,(H,22,23).